The Kier molecular flexibility index (Phi) is 6.55. The van der Waals surface area contributed by atoms with E-state index in [4.69, 9.17) is 5.73 Å². The van der Waals surface area contributed by atoms with Crippen LogP contribution in [0.25, 0.3) is 0 Å². The van der Waals surface area contributed by atoms with Crippen molar-refractivity contribution in [1.82, 2.24) is 4.98 Å². The zero-order valence-electron chi connectivity index (χ0n) is 12.0. The van der Waals surface area contributed by atoms with E-state index in [2.05, 4.69) is 24.1 Å². The number of aryl methyl sites for hydroxylation is 1. The number of hydrogen-bond donors (Lipinski definition) is 2. The van der Waals surface area contributed by atoms with Gasteiger partial charge in [0, 0.05) is 6.54 Å². The molecule has 0 unspecified atom stereocenters. The summed E-state index contributed by atoms with van der Waals surface area (Å²) in [7, 11) is 0. The van der Waals surface area contributed by atoms with E-state index in [-0.39, 0.29) is 0 Å². The molecule has 1 aromatic rings. The molecule has 0 bridgehead atoms. The molecule has 0 aliphatic heterocycles. The first-order valence-electron chi connectivity index (χ1n) is 7.06. The number of nitrogen functional groups attached to an aromatic ring is 1. The van der Waals surface area contributed by atoms with Gasteiger partial charge in [0.25, 0.3) is 0 Å². The van der Waals surface area contributed by atoms with Crippen molar-refractivity contribution in [3.05, 3.63) is 17.8 Å². The molecule has 0 atom stereocenters. The number of rotatable bonds is 8. The Labute approximate surface area is 111 Å². The standard InChI is InChI=1S/C15H27N3/c1-12(2)8-6-4-5-7-11-17-15-10-9-14(16)13(3)18-15/h9-10,12H,4-8,11,16H2,1-3H3,(H,17,18). The molecular weight excluding hydrogens is 222 g/mol. The number of nitrogens with one attached hydrogen (secondary N) is 1. The van der Waals surface area contributed by atoms with Crippen LogP contribution in [0.4, 0.5) is 11.5 Å². The summed E-state index contributed by atoms with van der Waals surface area (Å²) in [5.74, 6) is 1.77. The second-order valence-corrected chi connectivity index (χ2v) is 5.39. The molecule has 0 amide bonds. The lowest BCUT2D eigenvalue weighted by Gasteiger charge is -2.08. The number of pyridine rings is 1. The normalized spacial score (nSPS) is 10.9. The highest BCUT2D eigenvalue weighted by atomic mass is 15.0. The summed E-state index contributed by atoms with van der Waals surface area (Å²) in [5, 5.41) is 3.35. The van der Waals surface area contributed by atoms with Gasteiger partial charge in [0.1, 0.15) is 5.82 Å². The highest BCUT2D eigenvalue weighted by Crippen LogP contribution is 2.12. The number of anilines is 2. The Hall–Kier alpha value is -1.25. The van der Waals surface area contributed by atoms with Crippen LogP contribution in [0.3, 0.4) is 0 Å². The molecule has 0 aliphatic carbocycles. The van der Waals surface area contributed by atoms with E-state index in [9.17, 15) is 0 Å². The average Bonchev–Trinajstić information content (AvgIpc) is 2.32. The number of aromatic nitrogens is 1. The predicted octanol–water partition coefficient (Wildman–Crippen LogP) is 3.99. The summed E-state index contributed by atoms with van der Waals surface area (Å²) in [6, 6.07) is 3.86. The van der Waals surface area contributed by atoms with E-state index in [1.165, 1.54) is 32.1 Å². The molecule has 0 saturated heterocycles. The summed E-state index contributed by atoms with van der Waals surface area (Å²) >= 11 is 0. The maximum absolute atomic E-state index is 5.73. The monoisotopic (exact) mass is 249 g/mol. The molecule has 0 saturated carbocycles. The smallest absolute Gasteiger partial charge is 0.126 e. The van der Waals surface area contributed by atoms with Crippen molar-refractivity contribution in [2.24, 2.45) is 5.92 Å². The van der Waals surface area contributed by atoms with Crippen LogP contribution in [-0.2, 0) is 0 Å². The van der Waals surface area contributed by atoms with Crippen LogP contribution in [-0.4, -0.2) is 11.5 Å². The topological polar surface area (TPSA) is 50.9 Å². The molecule has 0 aromatic carbocycles. The molecule has 0 spiro atoms. The molecule has 1 rings (SSSR count). The summed E-state index contributed by atoms with van der Waals surface area (Å²) in [6.07, 6.45) is 6.56. The lowest BCUT2D eigenvalue weighted by molar-refractivity contribution is 0.523. The minimum atomic E-state index is 0.759. The predicted molar refractivity (Wildman–Crippen MR) is 79.8 cm³/mol. The first-order chi connectivity index (χ1) is 8.59. The van der Waals surface area contributed by atoms with Crippen LogP contribution in [0, 0.1) is 12.8 Å². The molecular formula is C15H27N3. The third-order valence-corrected chi connectivity index (χ3v) is 3.14. The van der Waals surface area contributed by atoms with Crippen molar-refractivity contribution in [3.63, 3.8) is 0 Å². The van der Waals surface area contributed by atoms with Crippen LogP contribution in [0.2, 0.25) is 0 Å². The van der Waals surface area contributed by atoms with Crippen molar-refractivity contribution in [2.75, 3.05) is 17.6 Å². The van der Waals surface area contributed by atoms with Gasteiger partial charge in [-0.25, -0.2) is 4.98 Å². The second kappa shape index (κ2) is 7.96. The van der Waals surface area contributed by atoms with Crippen LogP contribution in [0.15, 0.2) is 12.1 Å². The van der Waals surface area contributed by atoms with E-state index in [0.29, 0.717) is 0 Å². The molecule has 0 fully saturated rings. The molecule has 3 N–H and O–H groups in total. The Bertz CT molecular complexity index is 348. The molecule has 1 aromatic heterocycles. The van der Waals surface area contributed by atoms with Crippen LogP contribution in [0.5, 0.6) is 0 Å². The zero-order valence-corrected chi connectivity index (χ0v) is 12.0. The Morgan fingerprint density at radius 1 is 1.17 bits per heavy atom. The summed E-state index contributed by atoms with van der Waals surface area (Å²) < 4.78 is 0. The highest BCUT2D eigenvalue weighted by Gasteiger charge is 1.98. The Morgan fingerprint density at radius 3 is 2.56 bits per heavy atom. The van der Waals surface area contributed by atoms with Crippen LogP contribution < -0.4 is 11.1 Å². The van der Waals surface area contributed by atoms with Gasteiger partial charge in [-0.1, -0.05) is 39.5 Å². The van der Waals surface area contributed by atoms with E-state index >= 15 is 0 Å². The lowest BCUT2D eigenvalue weighted by Crippen LogP contribution is -2.05. The first-order valence-corrected chi connectivity index (χ1v) is 7.06. The summed E-state index contributed by atoms with van der Waals surface area (Å²) in [6.45, 7) is 7.51. The van der Waals surface area contributed by atoms with Gasteiger partial charge in [0.15, 0.2) is 0 Å². The third-order valence-electron chi connectivity index (χ3n) is 3.14. The second-order valence-electron chi connectivity index (χ2n) is 5.39. The molecule has 102 valence electrons. The van der Waals surface area contributed by atoms with Gasteiger partial charge in [-0.15, -0.1) is 0 Å². The van der Waals surface area contributed by atoms with Gasteiger partial charge in [-0.3, -0.25) is 0 Å². The Morgan fingerprint density at radius 2 is 1.89 bits per heavy atom. The summed E-state index contributed by atoms with van der Waals surface area (Å²) in [4.78, 5) is 4.39. The average molecular weight is 249 g/mol. The fourth-order valence-corrected chi connectivity index (χ4v) is 1.92. The van der Waals surface area contributed by atoms with Crippen LogP contribution in [0.1, 0.15) is 51.6 Å². The maximum atomic E-state index is 5.73. The summed E-state index contributed by atoms with van der Waals surface area (Å²) in [5.41, 5.74) is 7.39. The quantitative estimate of drug-likeness (QED) is 0.685. The first kappa shape index (κ1) is 14.8. The third kappa shape index (κ3) is 5.89. The van der Waals surface area contributed by atoms with Crippen molar-refractivity contribution < 1.29 is 0 Å². The fourth-order valence-electron chi connectivity index (χ4n) is 1.92. The number of unbranched alkanes of at least 4 members (excludes halogenated alkanes) is 3. The van der Waals surface area contributed by atoms with E-state index in [0.717, 1.165) is 29.7 Å². The highest BCUT2D eigenvalue weighted by molar-refractivity contribution is 5.48. The van der Waals surface area contributed by atoms with E-state index in [1.54, 1.807) is 0 Å². The molecule has 18 heavy (non-hydrogen) atoms. The maximum Gasteiger partial charge on any atom is 0.126 e. The van der Waals surface area contributed by atoms with Gasteiger partial charge in [0.2, 0.25) is 0 Å². The molecule has 3 nitrogen and oxygen atoms in total. The Balaban J connectivity index is 2.09. The fraction of sp³-hybridized carbons (Fsp3) is 0.667. The van der Waals surface area contributed by atoms with Crippen molar-refractivity contribution in [1.29, 1.82) is 0 Å². The largest absolute Gasteiger partial charge is 0.397 e. The van der Waals surface area contributed by atoms with Gasteiger partial charge in [0.05, 0.1) is 11.4 Å². The van der Waals surface area contributed by atoms with Crippen LogP contribution >= 0.6 is 0 Å². The lowest BCUT2D eigenvalue weighted by atomic mass is 10.0. The molecule has 0 radical (unpaired) electrons. The molecule has 1 heterocycles. The number of nitrogens with two attached hydrogens (primary N) is 1. The van der Waals surface area contributed by atoms with Crippen molar-refractivity contribution >= 4 is 11.5 Å². The SMILES string of the molecule is Cc1nc(NCCCCCCC(C)C)ccc1N. The van der Waals surface area contributed by atoms with Crippen molar-refractivity contribution in [3.8, 4) is 0 Å². The van der Waals surface area contributed by atoms with E-state index in [1.807, 2.05) is 19.1 Å². The zero-order chi connectivity index (χ0) is 13.4. The molecule has 3 heteroatoms. The van der Waals surface area contributed by atoms with Gasteiger partial charge < -0.3 is 11.1 Å². The number of hydrogen-bond acceptors (Lipinski definition) is 3. The van der Waals surface area contributed by atoms with E-state index < -0.39 is 0 Å². The van der Waals surface area contributed by atoms with Gasteiger partial charge >= 0.3 is 0 Å². The molecule has 0 aliphatic rings. The minimum absolute atomic E-state index is 0.759. The van der Waals surface area contributed by atoms with Gasteiger partial charge in [-0.05, 0) is 31.4 Å². The van der Waals surface area contributed by atoms with Crippen molar-refractivity contribution in [2.45, 2.75) is 52.9 Å². The number of nitrogens with zero attached hydrogens (tertiary/aromatic N) is 1. The minimum Gasteiger partial charge on any atom is -0.397 e. The van der Waals surface area contributed by atoms with Gasteiger partial charge in [-0.2, -0.15) is 0 Å².